The summed E-state index contributed by atoms with van der Waals surface area (Å²) in [6.45, 7) is 0. The van der Waals surface area contributed by atoms with E-state index in [0.717, 1.165) is 0 Å². The number of aromatic nitrogens is 3. The highest BCUT2D eigenvalue weighted by Crippen LogP contribution is 2.30. The van der Waals surface area contributed by atoms with E-state index in [1.165, 1.54) is 6.20 Å². The van der Waals surface area contributed by atoms with Crippen LogP contribution in [0.1, 0.15) is 0 Å². The van der Waals surface area contributed by atoms with E-state index < -0.39 is 0 Å². The van der Waals surface area contributed by atoms with Gasteiger partial charge in [0.1, 0.15) is 5.75 Å². The molecule has 0 aliphatic carbocycles. The van der Waals surface area contributed by atoms with Gasteiger partial charge in [0.15, 0.2) is 5.82 Å². The highest BCUT2D eigenvalue weighted by Gasteiger charge is 2.08. The Kier molecular flexibility index (Phi) is 5.43. The number of hydrogen-bond donors (Lipinski definition) is 2. The average Bonchev–Trinajstić information content (AvgIpc) is 2.59. The fraction of sp³-hybridized carbons (Fsp3) is 0.0625. The van der Waals surface area contributed by atoms with E-state index in [1.54, 1.807) is 43.5 Å². The van der Waals surface area contributed by atoms with Crippen LogP contribution in [-0.2, 0) is 0 Å². The summed E-state index contributed by atoms with van der Waals surface area (Å²) in [6, 6.07) is 10.3. The standard InChI is InChI=1S/C16H12Cl3N5O/c1-25-14-5-3-10(18)7-13(14)22-16-23-15(8-20-24-16)21-12-6-9(17)2-4-11(12)19/h2-8H,1H3,(H2,21,22,23,24). The van der Waals surface area contributed by atoms with E-state index in [1.807, 2.05) is 0 Å². The first-order valence-electron chi connectivity index (χ1n) is 7.07. The Bertz CT molecular complexity index is 907. The number of rotatable bonds is 5. The molecular weight excluding hydrogens is 385 g/mol. The van der Waals surface area contributed by atoms with Crippen LogP contribution in [0, 0.1) is 0 Å². The maximum absolute atomic E-state index is 6.14. The summed E-state index contributed by atoms with van der Waals surface area (Å²) in [6.07, 6.45) is 1.47. The predicted octanol–water partition coefficient (Wildman–Crippen LogP) is 5.33. The van der Waals surface area contributed by atoms with Gasteiger partial charge in [0.05, 0.1) is 29.7 Å². The first-order valence-corrected chi connectivity index (χ1v) is 8.21. The van der Waals surface area contributed by atoms with Crippen LogP contribution in [0.5, 0.6) is 5.75 Å². The van der Waals surface area contributed by atoms with Gasteiger partial charge in [-0.05, 0) is 36.4 Å². The molecule has 1 heterocycles. The molecule has 0 spiro atoms. The molecular formula is C16H12Cl3N5O. The second-order valence-electron chi connectivity index (χ2n) is 4.88. The summed E-state index contributed by atoms with van der Waals surface area (Å²) < 4.78 is 5.28. The highest BCUT2D eigenvalue weighted by molar-refractivity contribution is 6.35. The van der Waals surface area contributed by atoms with Crippen molar-refractivity contribution in [3.8, 4) is 5.75 Å². The van der Waals surface area contributed by atoms with Gasteiger partial charge in [-0.2, -0.15) is 10.1 Å². The van der Waals surface area contributed by atoms with Gasteiger partial charge in [0.25, 0.3) is 0 Å². The first kappa shape index (κ1) is 17.5. The quantitative estimate of drug-likeness (QED) is 0.607. The minimum absolute atomic E-state index is 0.267. The largest absolute Gasteiger partial charge is 0.495 e. The molecule has 3 aromatic rings. The molecule has 0 fully saturated rings. The molecule has 1 aromatic heterocycles. The van der Waals surface area contributed by atoms with Crippen LogP contribution < -0.4 is 15.4 Å². The van der Waals surface area contributed by atoms with Crippen molar-refractivity contribution in [2.45, 2.75) is 0 Å². The maximum Gasteiger partial charge on any atom is 0.249 e. The molecule has 0 saturated carbocycles. The zero-order valence-electron chi connectivity index (χ0n) is 12.9. The summed E-state index contributed by atoms with van der Waals surface area (Å²) in [4.78, 5) is 4.34. The number of methoxy groups -OCH3 is 1. The van der Waals surface area contributed by atoms with Crippen LogP contribution in [0.4, 0.5) is 23.1 Å². The number of ether oxygens (including phenoxy) is 1. The van der Waals surface area contributed by atoms with E-state index in [9.17, 15) is 0 Å². The molecule has 9 heteroatoms. The van der Waals surface area contributed by atoms with Crippen molar-refractivity contribution in [3.63, 3.8) is 0 Å². The Morgan fingerprint density at radius 2 is 1.64 bits per heavy atom. The van der Waals surface area contributed by atoms with Crippen molar-refractivity contribution in [2.24, 2.45) is 0 Å². The Morgan fingerprint density at radius 1 is 0.920 bits per heavy atom. The first-order chi connectivity index (χ1) is 12.0. The molecule has 128 valence electrons. The summed E-state index contributed by atoms with van der Waals surface area (Å²) in [5.74, 6) is 1.32. The van der Waals surface area contributed by atoms with Crippen molar-refractivity contribution in [1.29, 1.82) is 0 Å². The molecule has 25 heavy (non-hydrogen) atoms. The molecule has 2 aromatic carbocycles. The van der Waals surface area contributed by atoms with Crippen molar-refractivity contribution in [3.05, 3.63) is 57.7 Å². The monoisotopic (exact) mass is 395 g/mol. The number of anilines is 4. The maximum atomic E-state index is 6.14. The zero-order valence-corrected chi connectivity index (χ0v) is 15.2. The second kappa shape index (κ2) is 7.74. The minimum atomic E-state index is 0.267. The molecule has 0 atom stereocenters. The van der Waals surface area contributed by atoms with Gasteiger partial charge in [-0.1, -0.05) is 34.8 Å². The smallest absolute Gasteiger partial charge is 0.249 e. The number of hydrogen-bond acceptors (Lipinski definition) is 6. The molecule has 0 amide bonds. The lowest BCUT2D eigenvalue weighted by Gasteiger charge is -2.11. The van der Waals surface area contributed by atoms with Crippen molar-refractivity contribution in [2.75, 3.05) is 17.7 Å². The third kappa shape index (κ3) is 4.42. The van der Waals surface area contributed by atoms with Crippen molar-refractivity contribution < 1.29 is 4.74 Å². The van der Waals surface area contributed by atoms with Crippen LogP contribution >= 0.6 is 34.8 Å². The van der Waals surface area contributed by atoms with E-state index in [0.29, 0.717) is 38.0 Å². The zero-order chi connectivity index (χ0) is 17.8. The molecule has 0 bridgehead atoms. The highest BCUT2D eigenvalue weighted by atomic mass is 35.5. The lowest BCUT2D eigenvalue weighted by atomic mass is 10.3. The molecule has 0 saturated heterocycles. The Hall–Kier alpha value is -2.28. The summed E-state index contributed by atoms with van der Waals surface area (Å²) in [5, 5.41) is 15.6. The van der Waals surface area contributed by atoms with Gasteiger partial charge in [0, 0.05) is 10.0 Å². The molecule has 6 nitrogen and oxygen atoms in total. The molecule has 3 rings (SSSR count). The topological polar surface area (TPSA) is 72.0 Å². The summed E-state index contributed by atoms with van der Waals surface area (Å²) in [7, 11) is 1.56. The van der Waals surface area contributed by atoms with E-state index >= 15 is 0 Å². The third-order valence-electron chi connectivity index (χ3n) is 3.16. The molecule has 0 radical (unpaired) electrons. The third-order valence-corrected chi connectivity index (χ3v) is 3.96. The van der Waals surface area contributed by atoms with Crippen LogP contribution in [0.2, 0.25) is 15.1 Å². The second-order valence-corrected chi connectivity index (χ2v) is 6.16. The summed E-state index contributed by atoms with van der Waals surface area (Å²) >= 11 is 18.1. The van der Waals surface area contributed by atoms with Gasteiger partial charge in [0.2, 0.25) is 5.95 Å². The van der Waals surface area contributed by atoms with E-state index in [2.05, 4.69) is 25.8 Å². The van der Waals surface area contributed by atoms with Gasteiger partial charge < -0.3 is 15.4 Å². The van der Waals surface area contributed by atoms with Crippen LogP contribution in [-0.4, -0.2) is 22.3 Å². The number of halogens is 3. The van der Waals surface area contributed by atoms with Crippen molar-refractivity contribution in [1.82, 2.24) is 15.2 Å². The fourth-order valence-corrected chi connectivity index (χ4v) is 2.56. The fourth-order valence-electron chi connectivity index (χ4n) is 2.05. The molecule has 0 unspecified atom stereocenters. The summed E-state index contributed by atoms with van der Waals surface area (Å²) in [5.41, 5.74) is 1.23. The Balaban J connectivity index is 1.85. The molecule has 0 aliphatic heterocycles. The predicted molar refractivity (Wildman–Crippen MR) is 101 cm³/mol. The van der Waals surface area contributed by atoms with Gasteiger partial charge in [-0.15, -0.1) is 5.10 Å². The van der Waals surface area contributed by atoms with Gasteiger partial charge >= 0.3 is 0 Å². The van der Waals surface area contributed by atoms with Crippen molar-refractivity contribution >= 4 is 57.9 Å². The molecule has 2 N–H and O–H groups in total. The Labute approximate surface area is 159 Å². The van der Waals surface area contributed by atoms with Gasteiger partial charge in [-0.25, -0.2) is 0 Å². The lowest BCUT2D eigenvalue weighted by molar-refractivity contribution is 0.417. The van der Waals surface area contributed by atoms with E-state index in [4.69, 9.17) is 39.5 Å². The van der Waals surface area contributed by atoms with Crippen LogP contribution in [0.15, 0.2) is 42.6 Å². The normalized spacial score (nSPS) is 10.4. The number of nitrogens with one attached hydrogen (secondary N) is 2. The average molecular weight is 397 g/mol. The number of benzene rings is 2. The van der Waals surface area contributed by atoms with Crippen LogP contribution in [0.3, 0.4) is 0 Å². The van der Waals surface area contributed by atoms with E-state index in [-0.39, 0.29) is 5.95 Å². The lowest BCUT2D eigenvalue weighted by Crippen LogP contribution is -2.03. The van der Waals surface area contributed by atoms with Crippen LogP contribution in [0.25, 0.3) is 0 Å². The molecule has 0 aliphatic rings. The Morgan fingerprint density at radius 3 is 2.40 bits per heavy atom. The SMILES string of the molecule is COc1ccc(Cl)cc1Nc1nncc(Nc2cc(Cl)ccc2Cl)n1. The minimum Gasteiger partial charge on any atom is -0.495 e. The number of nitrogens with zero attached hydrogens (tertiary/aromatic N) is 3. The van der Waals surface area contributed by atoms with Gasteiger partial charge in [-0.3, -0.25) is 0 Å².